The van der Waals surface area contributed by atoms with Crippen molar-refractivity contribution in [3.63, 3.8) is 0 Å². The molecule has 0 radical (unpaired) electrons. The number of aliphatic hydroxyl groups is 2. The molecule has 2 aliphatic heterocycles. The molecule has 0 aromatic heterocycles. The van der Waals surface area contributed by atoms with Gasteiger partial charge in [0.25, 0.3) is 0 Å². The highest BCUT2D eigenvalue weighted by atomic mass is 32.2. The molecule has 0 amide bonds. The number of rotatable bonds is 22. The molecule has 0 spiro atoms. The molecule has 2 aromatic rings. The first kappa shape index (κ1) is 34.5. The zero-order valence-electron chi connectivity index (χ0n) is 23.9. The number of aliphatic hydroxyl groups excluding tert-OH is 2. The molecule has 2 N–H and O–H groups in total. The van der Waals surface area contributed by atoms with Crippen molar-refractivity contribution in [1.82, 2.24) is 0 Å². The molecule has 0 bridgehead atoms. The number of hydrogen-bond acceptors (Lipinski definition) is 13. The predicted molar refractivity (Wildman–Crippen MR) is 177 cm³/mol. The van der Waals surface area contributed by atoms with Crippen LogP contribution in [0.4, 0.5) is 0 Å². The minimum atomic E-state index is 0.00338. The van der Waals surface area contributed by atoms with Crippen LogP contribution in [0.2, 0.25) is 0 Å². The van der Waals surface area contributed by atoms with E-state index in [9.17, 15) is 0 Å². The van der Waals surface area contributed by atoms with Crippen LogP contribution in [0.1, 0.15) is 0 Å². The van der Waals surface area contributed by atoms with E-state index in [4.69, 9.17) is 43.4 Å². The molecule has 9 nitrogen and oxygen atoms in total. The van der Waals surface area contributed by atoms with Gasteiger partial charge >= 0.3 is 0 Å². The van der Waals surface area contributed by atoms with Gasteiger partial charge in [-0.2, -0.15) is 0 Å². The van der Waals surface area contributed by atoms with Gasteiger partial charge < -0.3 is 43.4 Å². The Kier molecular flexibility index (Phi) is 16.6. The van der Waals surface area contributed by atoms with Crippen molar-refractivity contribution in [1.29, 1.82) is 0 Å². The van der Waals surface area contributed by atoms with Crippen molar-refractivity contribution in [2.24, 2.45) is 0 Å². The average Bonchev–Trinajstić information content (AvgIpc) is 3.70. The van der Waals surface area contributed by atoms with Crippen LogP contribution in [-0.4, -0.2) is 103 Å². The first-order valence-electron chi connectivity index (χ1n) is 14.0. The summed E-state index contributed by atoms with van der Waals surface area (Å²) in [7, 11) is 0. The van der Waals surface area contributed by atoms with Crippen LogP contribution in [0.15, 0.2) is 65.5 Å². The van der Waals surface area contributed by atoms with Crippen LogP contribution in [0, 0.1) is 0 Å². The third-order valence-corrected chi connectivity index (χ3v) is 11.0. The van der Waals surface area contributed by atoms with Crippen molar-refractivity contribution in [2.45, 2.75) is 0 Å². The van der Waals surface area contributed by atoms with Crippen LogP contribution in [0.3, 0.4) is 0 Å². The molecular weight excluding hydrogens is 633 g/mol. The summed E-state index contributed by atoms with van der Waals surface area (Å²) < 4.78 is 42.1. The van der Waals surface area contributed by atoms with E-state index in [2.05, 4.69) is 10.8 Å². The van der Waals surface area contributed by atoms with Gasteiger partial charge in [0, 0.05) is 20.6 Å². The lowest BCUT2D eigenvalue weighted by atomic mass is 10.1. The van der Waals surface area contributed by atoms with Crippen molar-refractivity contribution < 1.29 is 43.4 Å². The fourth-order valence-electron chi connectivity index (χ4n) is 3.82. The Balaban J connectivity index is 1.05. The van der Waals surface area contributed by atoms with Crippen LogP contribution in [0.25, 0.3) is 10.8 Å². The summed E-state index contributed by atoms with van der Waals surface area (Å²) in [5, 5.41) is 23.8. The summed E-state index contributed by atoms with van der Waals surface area (Å²) >= 11 is 6.99. The smallest absolute Gasteiger partial charge is 0.127 e. The summed E-state index contributed by atoms with van der Waals surface area (Å²) in [6, 6.07) is 11.8. The first-order valence-corrected chi connectivity index (χ1v) is 17.4. The highest BCUT2D eigenvalue weighted by molar-refractivity contribution is 8.33. The Morgan fingerprint density at radius 3 is 1.37 bits per heavy atom. The highest BCUT2D eigenvalue weighted by Gasteiger charge is 2.22. The van der Waals surface area contributed by atoms with Gasteiger partial charge in [-0.25, -0.2) is 0 Å². The molecule has 2 heterocycles. The number of fused-ring (bicyclic) bond motifs is 1. The van der Waals surface area contributed by atoms with Gasteiger partial charge in [-0.15, -0.1) is 0 Å². The Labute approximate surface area is 269 Å². The van der Waals surface area contributed by atoms with Crippen LogP contribution < -0.4 is 9.47 Å². The monoisotopic (exact) mass is 670 g/mol. The normalized spacial score (nSPS) is 16.6. The van der Waals surface area contributed by atoms with Crippen molar-refractivity contribution in [3.05, 3.63) is 65.5 Å². The summed E-state index contributed by atoms with van der Waals surface area (Å²) in [5.41, 5.74) is 0. The summed E-state index contributed by atoms with van der Waals surface area (Å²) in [6.45, 7) is 5.57. The van der Waals surface area contributed by atoms with E-state index >= 15 is 0 Å². The molecule has 0 fully saturated rings. The number of thioether (sulfide) groups is 4. The Hall–Kier alpha value is -1.36. The lowest BCUT2D eigenvalue weighted by Gasteiger charge is -2.13. The molecule has 4 rings (SSSR count). The van der Waals surface area contributed by atoms with Gasteiger partial charge in [0.1, 0.15) is 24.7 Å². The van der Waals surface area contributed by atoms with E-state index in [1.807, 2.05) is 36.4 Å². The highest BCUT2D eigenvalue weighted by Crippen LogP contribution is 2.55. The lowest BCUT2D eigenvalue weighted by molar-refractivity contribution is 0.0407. The molecule has 2 aromatic carbocycles. The maximum absolute atomic E-state index is 8.81. The largest absolute Gasteiger partial charge is 0.491 e. The summed E-state index contributed by atoms with van der Waals surface area (Å²) in [4.78, 5) is 2.39. The second-order valence-corrected chi connectivity index (χ2v) is 13.4. The first-order chi connectivity index (χ1) is 21.3. The third kappa shape index (κ3) is 12.2. The second kappa shape index (κ2) is 20.6. The van der Waals surface area contributed by atoms with E-state index in [-0.39, 0.29) is 13.2 Å². The maximum Gasteiger partial charge on any atom is 0.127 e. The van der Waals surface area contributed by atoms with Gasteiger partial charge in [0.15, 0.2) is 0 Å². The topological polar surface area (TPSA) is 105 Å². The van der Waals surface area contributed by atoms with Crippen molar-refractivity contribution in [3.8, 4) is 11.5 Å². The van der Waals surface area contributed by atoms with Crippen LogP contribution in [0.5, 0.6) is 11.5 Å². The third-order valence-electron chi connectivity index (χ3n) is 5.73. The predicted octanol–water partition coefficient (Wildman–Crippen LogP) is 5.43. The summed E-state index contributed by atoms with van der Waals surface area (Å²) in [6.07, 6.45) is 0. The van der Waals surface area contributed by atoms with Crippen molar-refractivity contribution >= 4 is 57.8 Å². The SMILES string of the molecule is OCCOCCOCC1=CS/C(=C2\SC=C(COCCOCCOc3cccc4c(OCCOCCO)cccc34)S2)S1. The van der Waals surface area contributed by atoms with Gasteiger partial charge in [0.2, 0.25) is 0 Å². The summed E-state index contributed by atoms with van der Waals surface area (Å²) in [5.74, 6) is 1.55. The molecule has 0 aliphatic carbocycles. The van der Waals surface area contributed by atoms with E-state index in [0.29, 0.717) is 79.3 Å². The number of hydrogen-bond donors (Lipinski definition) is 2. The standard InChI is InChI=1S/C30H38O9S4/c31-7-9-33-11-13-36-19-23-21-40-29(42-23)30-41-22-24(43-30)20-37-14-12-35-16-18-39-28-6-2-3-25-26(28)4-1-5-27(25)38-17-15-34-10-8-32/h1-6,21-22,31-32H,7-20H2/b30-29-. The molecule has 43 heavy (non-hydrogen) atoms. The second-order valence-electron chi connectivity index (χ2n) is 8.88. The molecule has 0 saturated carbocycles. The molecule has 2 aliphatic rings. The van der Waals surface area contributed by atoms with Crippen LogP contribution >= 0.6 is 47.0 Å². The van der Waals surface area contributed by atoms with E-state index in [1.54, 1.807) is 47.0 Å². The average molecular weight is 671 g/mol. The minimum Gasteiger partial charge on any atom is -0.491 e. The van der Waals surface area contributed by atoms with E-state index in [0.717, 1.165) is 22.3 Å². The van der Waals surface area contributed by atoms with Crippen LogP contribution in [-0.2, 0) is 23.7 Å². The van der Waals surface area contributed by atoms with E-state index < -0.39 is 0 Å². The van der Waals surface area contributed by atoms with Gasteiger partial charge in [-0.1, -0.05) is 71.3 Å². The molecule has 13 heteroatoms. The Bertz CT molecular complexity index is 1220. The van der Waals surface area contributed by atoms with Crippen molar-refractivity contribution in [2.75, 3.05) is 92.5 Å². The van der Waals surface area contributed by atoms with E-state index in [1.165, 1.54) is 18.3 Å². The molecule has 236 valence electrons. The molecule has 0 unspecified atom stereocenters. The zero-order chi connectivity index (χ0) is 30.0. The molecular formula is C30H38O9S4. The Morgan fingerprint density at radius 1 is 0.488 bits per heavy atom. The van der Waals surface area contributed by atoms with Gasteiger partial charge in [-0.3, -0.25) is 0 Å². The quantitative estimate of drug-likeness (QED) is 0.156. The maximum atomic E-state index is 8.81. The zero-order valence-corrected chi connectivity index (χ0v) is 27.2. The number of benzene rings is 2. The molecule has 0 atom stereocenters. The molecule has 0 saturated heterocycles. The fourth-order valence-corrected chi connectivity index (χ4v) is 8.62. The van der Waals surface area contributed by atoms with Gasteiger partial charge in [0.05, 0.1) is 87.8 Å². The number of ether oxygens (including phenoxy) is 7. The minimum absolute atomic E-state index is 0.00338. The van der Waals surface area contributed by atoms with Gasteiger partial charge in [-0.05, 0) is 22.9 Å². The Morgan fingerprint density at radius 2 is 0.907 bits per heavy atom. The lowest BCUT2D eigenvalue weighted by Crippen LogP contribution is -2.11. The fraction of sp³-hybridized carbons (Fsp3) is 0.467.